The molecule has 3 heteroatoms. The molecule has 3 nitrogen and oxygen atoms in total. The number of benzene rings is 1. The second-order valence-corrected chi connectivity index (χ2v) is 2.90. The van der Waals surface area contributed by atoms with Crippen LogP contribution in [0.3, 0.4) is 0 Å². The number of phenolic OH excluding ortho intramolecular Hbond substituents is 1. The standard InChI is InChI=1S/C11H10O3/c1-13-9-2-3-11(12)10(6-9)8-4-5-14-7-8/h2-7,12H,1H3. The van der Waals surface area contributed by atoms with E-state index in [1.165, 1.54) is 0 Å². The van der Waals surface area contributed by atoms with Gasteiger partial charge in [-0.1, -0.05) is 0 Å². The van der Waals surface area contributed by atoms with Gasteiger partial charge < -0.3 is 14.3 Å². The molecule has 0 aliphatic carbocycles. The van der Waals surface area contributed by atoms with Crippen LogP contribution in [0, 0.1) is 0 Å². The van der Waals surface area contributed by atoms with Gasteiger partial charge in [0.25, 0.3) is 0 Å². The molecule has 0 fully saturated rings. The lowest BCUT2D eigenvalue weighted by atomic mass is 10.1. The Morgan fingerprint density at radius 2 is 2.14 bits per heavy atom. The molecule has 0 aliphatic heterocycles. The fraction of sp³-hybridized carbons (Fsp3) is 0.0909. The Morgan fingerprint density at radius 1 is 1.29 bits per heavy atom. The molecule has 0 atom stereocenters. The molecule has 0 unspecified atom stereocenters. The highest BCUT2D eigenvalue weighted by molar-refractivity contribution is 5.70. The number of hydrogen-bond acceptors (Lipinski definition) is 3. The van der Waals surface area contributed by atoms with E-state index in [-0.39, 0.29) is 5.75 Å². The summed E-state index contributed by atoms with van der Waals surface area (Å²) in [4.78, 5) is 0. The fourth-order valence-electron chi connectivity index (χ4n) is 1.29. The Morgan fingerprint density at radius 3 is 2.79 bits per heavy atom. The molecular formula is C11H10O3. The van der Waals surface area contributed by atoms with Crippen LogP contribution in [0.2, 0.25) is 0 Å². The van der Waals surface area contributed by atoms with Crippen molar-refractivity contribution in [3.8, 4) is 22.6 Å². The number of methoxy groups -OCH3 is 1. The molecule has 0 spiro atoms. The number of furan rings is 1. The van der Waals surface area contributed by atoms with Gasteiger partial charge in [0, 0.05) is 11.1 Å². The highest BCUT2D eigenvalue weighted by atomic mass is 16.5. The third kappa shape index (κ3) is 1.44. The average molecular weight is 190 g/mol. The Bertz CT molecular complexity index is 418. The van der Waals surface area contributed by atoms with Crippen molar-refractivity contribution < 1.29 is 14.3 Å². The summed E-state index contributed by atoms with van der Waals surface area (Å²) in [6.45, 7) is 0. The molecule has 0 amide bonds. The first kappa shape index (κ1) is 8.69. The molecule has 2 rings (SSSR count). The molecule has 14 heavy (non-hydrogen) atoms. The molecule has 72 valence electrons. The predicted octanol–water partition coefficient (Wildman–Crippen LogP) is 2.66. The maximum Gasteiger partial charge on any atom is 0.123 e. The third-order valence-corrected chi connectivity index (χ3v) is 2.04. The summed E-state index contributed by atoms with van der Waals surface area (Å²) in [5.41, 5.74) is 1.54. The molecule has 1 heterocycles. The van der Waals surface area contributed by atoms with E-state index in [0.29, 0.717) is 11.3 Å². The number of rotatable bonds is 2. The fourth-order valence-corrected chi connectivity index (χ4v) is 1.29. The lowest BCUT2D eigenvalue weighted by molar-refractivity contribution is 0.412. The van der Waals surface area contributed by atoms with Crippen molar-refractivity contribution in [1.29, 1.82) is 0 Å². The smallest absolute Gasteiger partial charge is 0.123 e. The van der Waals surface area contributed by atoms with Crippen LogP contribution < -0.4 is 4.74 Å². The van der Waals surface area contributed by atoms with Gasteiger partial charge in [0.1, 0.15) is 11.5 Å². The van der Waals surface area contributed by atoms with E-state index in [0.717, 1.165) is 5.56 Å². The zero-order valence-electron chi connectivity index (χ0n) is 7.73. The van der Waals surface area contributed by atoms with Gasteiger partial charge in [-0.05, 0) is 24.3 Å². The van der Waals surface area contributed by atoms with Gasteiger partial charge in [0.05, 0.1) is 19.6 Å². The van der Waals surface area contributed by atoms with Crippen LogP contribution in [0.4, 0.5) is 0 Å². The summed E-state index contributed by atoms with van der Waals surface area (Å²) in [6, 6.07) is 6.86. The van der Waals surface area contributed by atoms with Gasteiger partial charge in [-0.2, -0.15) is 0 Å². The largest absolute Gasteiger partial charge is 0.507 e. The van der Waals surface area contributed by atoms with Gasteiger partial charge >= 0.3 is 0 Å². The normalized spacial score (nSPS) is 10.1. The summed E-state index contributed by atoms with van der Waals surface area (Å²) >= 11 is 0. The minimum absolute atomic E-state index is 0.215. The van der Waals surface area contributed by atoms with E-state index >= 15 is 0 Å². The van der Waals surface area contributed by atoms with Crippen molar-refractivity contribution in [3.05, 3.63) is 36.8 Å². The Labute approximate surface area is 81.6 Å². The molecule has 0 aliphatic rings. The zero-order chi connectivity index (χ0) is 9.97. The molecule has 1 N–H and O–H groups in total. The lowest BCUT2D eigenvalue weighted by Gasteiger charge is -2.04. The highest BCUT2D eigenvalue weighted by Gasteiger charge is 2.06. The van der Waals surface area contributed by atoms with Crippen molar-refractivity contribution in [2.24, 2.45) is 0 Å². The Balaban J connectivity index is 2.51. The van der Waals surface area contributed by atoms with Gasteiger partial charge in [-0.3, -0.25) is 0 Å². The van der Waals surface area contributed by atoms with Crippen LogP contribution in [0.25, 0.3) is 11.1 Å². The van der Waals surface area contributed by atoms with Gasteiger partial charge in [-0.25, -0.2) is 0 Å². The van der Waals surface area contributed by atoms with Crippen molar-refractivity contribution in [1.82, 2.24) is 0 Å². The molecule has 0 bridgehead atoms. The summed E-state index contributed by atoms with van der Waals surface area (Å²) in [6.07, 6.45) is 3.14. The summed E-state index contributed by atoms with van der Waals surface area (Å²) in [5, 5.41) is 9.61. The van der Waals surface area contributed by atoms with Crippen LogP contribution in [0.1, 0.15) is 0 Å². The molecule has 1 aromatic heterocycles. The minimum Gasteiger partial charge on any atom is -0.507 e. The van der Waals surface area contributed by atoms with Crippen LogP contribution in [0.5, 0.6) is 11.5 Å². The summed E-state index contributed by atoms with van der Waals surface area (Å²) in [5.74, 6) is 0.922. The molecule has 2 aromatic rings. The van der Waals surface area contributed by atoms with E-state index < -0.39 is 0 Å². The Kier molecular flexibility index (Phi) is 2.14. The number of hydrogen-bond donors (Lipinski definition) is 1. The average Bonchev–Trinajstić information content (AvgIpc) is 2.71. The second kappa shape index (κ2) is 3.46. The summed E-state index contributed by atoms with van der Waals surface area (Å²) < 4.78 is 10.0. The third-order valence-electron chi connectivity index (χ3n) is 2.04. The second-order valence-electron chi connectivity index (χ2n) is 2.90. The quantitative estimate of drug-likeness (QED) is 0.791. The van der Waals surface area contributed by atoms with Gasteiger partial charge in [0.2, 0.25) is 0 Å². The highest BCUT2D eigenvalue weighted by Crippen LogP contribution is 2.32. The maximum absolute atomic E-state index is 9.61. The van der Waals surface area contributed by atoms with Crippen LogP contribution in [0.15, 0.2) is 41.2 Å². The first-order valence-corrected chi connectivity index (χ1v) is 4.21. The first-order chi connectivity index (χ1) is 6.81. The van der Waals surface area contributed by atoms with Crippen molar-refractivity contribution >= 4 is 0 Å². The maximum atomic E-state index is 9.61. The van der Waals surface area contributed by atoms with Gasteiger partial charge in [0.15, 0.2) is 0 Å². The zero-order valence-corrected chi connectivity index (χ0v) is 7.73. The molecule has 0 radical (unpaired) electrons. The number of aromatic hydroxyl groups is 1. The monoisotopic (exact) mass is 190 g/mol. The lowest BCUT2D eigenvalue weighted by Crippen LogP contribution is -1.83. The molecule has 0 saturated carbocycles. The van der Waals surface area contributed by atoms with E-state index in [1.54, 1.807) is 43.9 Å². The number of phenols is 1. The Hall–Kier alpha value is -1.90. The van der Waals surface area contributed by atoms with E-state index in [1.807, 2.05) is 0 Å². The first-order valence-electron chi connectivity index (χ1n) is 4.21. The topological polar surface area (TPSA) is 42.6 Å². The number of ether oxygens (including phenoxy) is 1. The SMILES string of the molecule is COc1ccc(O)c(-c2ccoc2)c1. The van der Waals surface area contributed by atoms with Crippen molar-refractivity contribution in [2.45, 2.75) is 0 Å². The van der Waals surface area contributed by atoms with Gasteiger partial charge in [-0.15, -0.1) is 0 Å². The van der Waals surface area contributed by atoms with E-state index in [4.69, 9.17) is 9.15 Å². The minimum atomic E-state index is 0.215. The van der Waals surface area contributed by atoms with Crippen LogP contribution in [-0.4, -0.2) is 12.2 Å². The van der Waals surface area contributed by atoms with Crippen LogP contribution in [-0.2, 0) is 0 Å². The van der Waals surface area contributed by atoms with Crippen LogP contribution >= 0.6 is 0 Å². The van der Waals surface area contributed by atoms with E-state index in [2.05, 4.69) is 0 Å². The summed E-state index contributed by atoms with van der Waals surface area (Å²) in [7, 11) is 1.59. The van der Waals surface area contributed by atoms with E-state index in [9.17, 15) is 5.11 Å². The van der Waals surface area contributed by atoms with Crippen molar-refractivity contribution in [2.75, 3.05) is 7.11 Å². The predicted molar refractivity (Wildman–Crippen MR) is 52.4 cm³/mol. The molecular weight excluding hydrogens is 180 g/mol. The molecule has 0 saturated heterocycles. The van der Waals surface area contributed by atoms with Crippen molar-refractivity contribution in [3.63, 3.8) is 0 Å². The molecule has 1 aromatic carbocycles.